The highest BCUT2D eigenvalue weighted by molar-refractivity contribution is 5.98. The van der Waals surface area contributed by atoms with Gasteiger partial charge in [-0.3, -0.25) is 4.79 Å². The maximum absolute atomic E-state index is 13.6. The van der Waals surface area contributed by atoms with Gasteiger partial charge in [0.1, 0.15) is 5.58 Å². The van der Waals surface area contributed by atoms with Crippen LogP contribution in [0.3, 0.4) is 0 Å². The summed E-state index contributed by atoms with van der Waals surface area (Å²) in [6, 6.07) is 11.4. The van der Waals surface area contributed by atoms with Crippen LogP contribution in [-0.4, -0.2) is 51.4 Å². The van der Waals surface area contributed by atoms with Gasteiger partial charge in [-0.05, 0) is 43.5 Å². The number of para-hydroxylation sites is 1. The van der Waals surface area contributed by atoms with E-state index in [2.05, 4.69) is 0 Å². The summed E-state index contributed by atoms with van der Waals surface area (Å²) in [6.45, 7) is 3.47. The van der Waals surface area contributed by atoms with E-state index in [-0.39, 0.29) is 12.0 Å². The minimum Gasteiger partial charge on any atom is -0.493 e. The third kappa shape index (κ3) is 4.25. The van der Waals surface area contributed by atoms with Crippen LogP contribution in [-0.2, 0) is 11.3 Å². The van der Waals surface area contributed by atoms with Crippen molar-refractivity contribution in [3.8, 4) is 17.2 Å². The highest BCUT2D eigenvalue weighted by Gasteiger charge is 2.28. The third-order valence-corrected chi connectivity index (χ3v) is 5.87. The molecule has 0 aliphatic carbocycles. The molecule has 0 spiro atoms. The molecule has 170 valence electrons. The fourth-order valence-electron chi connectivity index (χ4n) is 4.22. The summed E-state index contributed by atoms with van der Waals surface area (Å²) in [7, 11) is 4.72. The molecular weight excluding hydrogens is 410 g/mol. The van der Waals surface area contributed by atoms with E-state index in [0.29, 0.717) is 41.7 Å². The van der Waals surface area contributed by atoms with Crippen LogP contribution >= 0.6 is 0 Å². The second-order valence-corrected chi connectivity index (χ2v) is 7.91. The first-order valence-electron chi connectivity index (χ1n) is 10.7. The van der Waals surface area contributed by atoms with E-state index in [9.17, 15) is 4.79 Å². The maximum atomic E-state index is 13.6. The van der Waals surface area contributed by atoms with E-state index in [1.165, 1.54) is 0 Å². The Kier molecular flexibility index (Phi) is 6.55. The van der Waals surface area contributed by atoms with Gasteiger partial charge in [-0.25, -0.2) is 0 Å². The number of aryl methyl sites for hydroxylation is 1. The predicted octanol–water partition coefficient (Wildman–Crippen LogP) is 4.59. The van der Waals surface area contributed by atoms with Crippen molar-refractivity contribution in [1.82, 2.24) is 4.90 Å². The molecule has 1 aromatic heterocycles. The van der Waals surface area contributed by atoms with Crippen molar-refractivity contribution in [3.63, 3.8) is 0 Å². The zero-order valence-corrected chi connectivity index (χ0v) is 19.0. The average molecular weight is 440 g/mol. The summed E-state index contributed by atoms with van der Waals surface area (Å²) in [5.74, 6) is 1.81. The van der Waals surface area contributed by atoms with Gasteiger partial charge in [0.05, 0.1) is 27.4 Å². The van der Waals surface area contributed by atoms with Gasteiger partial charge >= 0.3 is 0 Å². The summed E-state index contributed by atoms with van der Waals surface area (Å²) in [4.78, 5) is 15.4. The van der Waals surface area contributed by atoms with E-state index < -0.39 is 0 Å². The molecule has 2 heterocycles. The van der Waals surface area contributed by atoms with Gasteiger partial charge in [0.15, 0.2) is 17.3 Å². The molecule has 0 radical (unpaired) electrons. The van der Waals surface area contributed by atoms with Gasteiger partial charge in [-0.15, -0.1) is 0 Å². The number of methoxy groups -OCH3 is 3. The summed E-state index contributed by atoms with van der Waals surface area (Å²) >= 11 is 0. The molecule has 7 nitrogen and oxygen atoms in total. The zero-order valence-electron chi connectivity index (χ0n) is 19.0. The molecule has 3 aromatic rings. The Morgan fingerprint density at radius 2 is 1.81 bits per heavy atom. The summed E-state index contributed by atoms with van der Waals surface area (Å²) in [6.07, 6.45) is 1.93. The van der Waals surface area contributed by atoms with Crippen LogP contribution in [0.1, 0.15) is 34.5 Å². The van der Waals surface area contributed by atoms with Gasteiger partial charge in [-0.1, -0.05) is 18.2 Å². The van der Waals surface area contributed by atoms with Crippen molar-refractivity contribution in [2.45, 2.75) is 32.4 Å². The van der Waals surface area contributed by atoms with Crippen molar-refractivity contribution in [2.75, 3.05) is 34.5 Å². The second kappa shape index (κ2) is 9.53. The molecule has 0 N–H and O–H groups in total. The number of ether oxygens (including phenoxy) is 4. The van der Waals surface area contributed by atoms with Crippen LogP contribution < -0.4 is 14.2 Å². The van der Waals surface area contributed by atoms with E-state index >= 15 is 0 Å². The molecule has 0 saturated carbocycles. The number of fused-ring (bicyclic) bond motifs is 1. The molecule has 0 bridgehead atoms. The molecule has 7 heteroatoms. The Morgan fingerprint density at radius 1 is 1.09 bits per heavy atom. The van der Waals surface area contributed by atoms with Gasteiger partial charge in [0.25, 0.3) is 5.91 Å². The van der Waals surface area contributed by atoms with Crippen molar-refractivity contribution in [2.24, 2.45) is 0 Å². The summed E-state index contributed by atoms with van der Waals surface area (Å²) in [5.41, 5.74) is 2.41. The lowest BCUT2D eigenvalue weighted by atomic mass is 10.1. The average Bonchev–Trinajstić information content (AvgIpc) is 3.45. The quantitative estimate of drug-likeness (QED) is 0.511. The number of amides is 1. The molecular formula is C25H29NO6. The van der Waals surface area contributed by atoms with Gasteiger partial charge in [-0.2, -0.15) is 0 Å². The Labute approximate surface area is 187 Å². The maximum Gasteiger partial charge on any atom is 0.290 e. The molecule has 1 fully saturated rings. The van der Waals surface area contributed by atoms with Crippen LogP contribution in [0, 0.1) is 6.92 Å². The Bertz CT molecular complexity index is 1070. The molecule has 1 aliphatic rings. The largest absolute Gasteiger partial charge is 0.493 e. The number of furan rings is 1. The molecule has 1 aliphatic heterocycles. The molecule has 4 rings (SSSR count). The second-order valence-electron chi connectivity index (χ2n) is 7.91. The monoisotopic (exact) mass is 439 g/mol. The first kappa shape index (κ1) is 22.0. The van der Waals surface area contributed by atoms with Gasteiger partial charge in [0.2, 0.25) is 5.75 Å². The number of hydrogen-bond acceptors (Lipinski definition) is 6. The van der Waals surface area contributed by atoms with Crippen molar-refractivity contribution in [1.29, 1.82) is 0 Å². The van der Waals surface area contributed by atoms with Crippen LogP contribution in [0.2, 0.25) is 0 Å². The SMILES string of the molecule is COc1cc(CN(C[C@@H]2CCCO2)C(=O)c2oc3ccccc3c2C)cc(OC)c1OC. The lowest BCUT2D eigenvalue weighted by Gasteiger charge is -2.26. The first-order valence-corrected chi connectivity index (χ1v) is 10.7. The highest BCUT2D eigenvalue weighted by atomic mass is 16.5. The minimum atomic E-state index is -0.164. The van der Waals surface area contributed by atoms with Crippen LogP contribution in [0.5, 0.6) is 17.2 Å². The number of benzene rings is 2. The molecule has 1 amide bonds. The molecule has 1 saturated heterocycles. The van der Waals surface area contributed by atoms with Crippen LogP contribution in [0.4, 0.5) is 0 Å². The number of hydrogen-bond donors (Lipinski definition) is 0. The normalized spacial score (nSPS) is 15.7. The molecule has 2 aromatic carbocycles. The zero-order chi connectivity index (χ0) is 22.7. The van der Waals surface area contributed by atoms with Crippen LogP contribution in [0.15, 0.2) is 40.8 Å². The number of carbonyl (C=O) groups excluding carboxylic acids is 1. The number of nitrogens with zero attached hydrogens (tertiary/aromatic N) is 1. The number of carbonyl (C=O) groups is 1. The fraction of sp³-hybridized carbons (Fsp3) is 0.400. The van der Waals surface area contributed by atoms with Gasteiger partial charge < -0.3 is 28.3 Å². The lowest BCUT2D eigenvalue weighted by Crippen LogP contribution is -2.37. The Hall–Kier alpha value is -3.19. The van der Waals surface area contributed by atoms with E-state index in [4.69, 9.17) is 23.4 Å². The highest BCUT2D eigenvalue weighted by Crippen LogP contribution is 2.38. The van der Waals surface area contributed by atoms with E-state index in [0.717, 1.165) is 36.0 Å². The molecule has 32 heavy (non-hydrogen) atoms. The summed E-state index contributed by atoms with van der Waals surface area (Å²) < 4.78 is 28.2. The fourth-order valence-corrected chi connectivity index (χ4v) is 4.22. The lowest BCUT2D eigenvalue weighted by molar-refractivity contribution is 0.0484. The van der Waals surface area contributed by atoms with Crippen molar-refractivity contribution in [3.05, 3.63) is 53.3 Å². The number of rotatable bonds is 8. The van der Waals surface area contributed by atoms with E-state index in [1.54, 1.807) is 26.2 Å². The van der Waals surface area contributed by atoms with Crippen molar-refractivity contribution < 1.29 is 28.2 Å². The predicted molar refractivity (Wildman–Crippen MR) is 121 cm³/mol. The van der Waals surface area contributed by atoms with Crippen molar-refractivity contribution >= 4 is 16.9 Å². The van der Waals surface area contributed by atoms with Gasteiger partial charge in [0, 0.05) is 30.6 Å². The Morgan fingerprint density at radius 3 is 2.41 bits per heavy atom. The summed E-state index contributed by atoms with van der Waals surface area (Å²) in [5, 5.41) is 0.945. The third-order valence-electron chi connectivity index (χ3n) is 5.87. The smallest absolute Gasteiger partial charge is 0.290 e. The standard InChI is InChI=1S/C25H29NO6/c1-16-19-9-5-6-10-20(19)32-23(16)25(27)26(15-18-8-7-11-31-18)14-17-12-21(28-2)24(30-4)22(13-17)29-3/h5-6,9-10,12-13,18H,7-8,11,14-15H2,1-4H3/t18-/m0/s1. The topological polar surface area (TPSA) is 70.4 Å². The van der Waals surface area contributed by atoms with Crippen LogP contribution in [0.25, 0.3) is 11.0 Å². The first-order chi connectivity index (χ1) is 15.5. The minimum absolute atomic E-state index is 0.00525. The Balaban J connectivity index is 1.69. The molecule has 1 atom stereocenters. The molecule has 0 unspecified atom stereocenters. The van der Waals surface area contributed by atoms with E-state index in [1.807, 2.05) is 43.3 Å².